The minimum atomic E-state index is -4.50. The van der Waals surface area contributed by atoms with Crippen molar-refractivity contribution in [1.82, 2.24) is 5.32 Å². The zero-order chi connectivity index (χ0) is 26.6. The minimum Gasteiger partial charge on any atom is -0.850 e. The van der Waals surface area contributed by atoms with Gasteiger partial charge in [-0.3, -0.25) is 14.1 Å². The number of carbonyl (C=O) groups excluding carboxylic acids is 1. The molecule has 0 aromatic heterocycles. The number of nitrogens with zero attached hydrogens (tertiary/aromatic N) is 2. The lowest BCUT2D eigenvalue weighted by Gasteiger charge is -2.28. The number of carboxylic acids is 1. The molecule has 0 aliphatic rings. The van der Waals surface area contributed by atoms with Crippen molar-refractivity contribution in [3.63, 3.8) is 0 Å². The molecule has 0 aliphatic heterocycles. The van der Waals surface area contributed by atoms with E-state index < -0.39 is 24.2 Å². The molecule has 0 saturated heterocycles. The quantitative estimate of drug-likeness (QED) is 0.0966. The average Bonchev–Trinajstić information content (AvgIpc) is 2.59. The molecule has 192 valence electrons. The Kier molecular flexibility index (Phi) is 21.2. The maximum Gasteiger partial charge on any atom is 0.265 e. The lowest BCUT2D eigenvalue weighted by Crippen LogP contribution is -2.47. The predicted octanol–water partition coefficient (Wildman–Crippen LogP) is -3.99. The molecule has 0 rings (SSSR count). The van der Waals surface area contributed by atoms with Crippen molar-refractivity contribution in [3.05, 3.63) is 0 Å². The summed E-state index contributed by atoms with van der Waals surface area (Å²) in [4.78, 5) is 27.4. The largest absolute Gasteiger partial charge is 0.850 e. The third kappa shape index (κ3) is 53.0. The fraction of sp³-hybridized carbons (Fsp3) is 0.933. The van der Waals surface area contributed by atoms with E-state index in [-0.39, 0.29) is 26.5 Å². The number of aliphatic carboxylic acids is 1. The number of carbonyl (C=O) groups is 1. The first kappa shape index (κ1) is 34.9. The lowest BCUT2D eigenvalue weighted by atomic mass is 10.4. The van der Waals surface area contributed by atoms with E-state index in [0.717, 1.165) is 6.54 Å². The summed E-state index contributed by atoms with van der Waals surface area (Å²) in [6.45, 7) is 4.52. The Bertz CT molecular complexity index is 616. The zero-order valence-electron chi connectivity index (χ0n) is 20.2. The molecule has 0 aromatic carbocycles. The van der Waals surface area contributed by atoms with Crippen molar-refractivity contribution in [3.8, 4) is 0 Å². The first-order valence-electron chi connectivity index (χ1n) is 9.57. The number of rotatable bonds is 10. The number of quaternary nitrogens is 2. The summed E-state index contributed by atoms with van der Waals surface area (Å²) in [6.07, 6.45) is 0. The summed E-state index contributed by atoms with van der Waals surface area (Å²) < 4.78 is 53.7. The van der Waals surface area contributed by atoms with Crippen LogP contribution in [0.15, 0.2) is 0 Å². The van der Waals surface area contributed by atoms with Crippen LogP contribution in [0.25, 0.3) is 0 Å². The van der Waals surface area contributed by atoms with Crippen LogP contribution in [-0.4, -0.2) is 115 Å². The molecule has 0 radical (unpaired) electrons. The van der Waals surface area contributed by atoms with Gasteiger partial charge in [-0.2, -0.15) is 0 Å². The van der Waals surface area contributed by atoms with Crippen LogP contribution in [0, 0.1) is 0 Å². The van der Waals surface area contributed by atoms with Gasteiger partial charge in [-0.25, -0.2) is 8.42 Å². The Morgan fingerprint density at radius 2 is 1.74 bits per heavy atom. The van der Waals surface area contributed by atoms with E-state index in [0.29, 0.717) is 22.5 Å². The lowest BCUT2D eigenvalue weighted by molar-refractivity contribution is -0.882. The summed E-state index contributed by atoms with van der Waals surface area (Å²) >= 11 is 0. The second kappa shape index (κ2) is 18.8. The average molecular weight is 501 g/mol. The van der Waals surface area contributed by atoms with E-state index in [9.17, 15) is 37.4 Å². The number of phosphoric ester groups is 1. The van der Waals surface area contributed by atoms with Crippen LogP contribution in [-0.2, 0) is 28.5 Å². The number of hydrogen-bond donors (Lipinski definition) is 2. The zero-order valence-corrected chi connectivity index (χ0v) is 20.9. The second-order valence-corrected chi connectivity index (χ2v) is 9.30. The number of nitrogens with one attached hydrogen (secondary N) is 1. The van der Waals surface area contributed by atoms with Crippen LogP contribution in [0.1, 0.15) is 15.2 Å². The van der Waals surface area contributed by atoms with E-state index >= 15 is 0 Å². The molecule has 0 fully saturated rings. The molecule has 16 heteroatoms. The smallest absolute Gasteiger partial charge is 0.265 e. The highest BCUT2D eigenvalue weighted by atomic mass is 32.3. The third-order valence-corrected chi connectivity index (χ3v) is 3.74. The summed E-state index contributed by atoms with van der Waals surface area (Å²) in [6, 6.07) is 0. The van der Waals surface area contributed by atoms with Crippen molar-refractivity contribution < 1.29 is 61.4 Å². The van der Waals surface area contributed by atoms with Crippen LogP contribution in [0.5, 0.6) is 0 Å². The van der Waals surface area contributed by atoms with E-state index in [1.807, 2.05) is 35.1 Å². The molecular weight excluding hydrogens is 461 g/mol. The predicted molar refractivity (Wildman–Crippen MR) is 106 cm³/mol. The summed E-state index contributed by atoms with van der Waals surface area (Å²) in [5, 5.41) is 22.4. The van der Waals surface area contributed by atoms with Crippen molar-refractivity contribution in [2.45, 2.75) is 13.8 Å². The Morgan fingerprint density at radius 1 is 1.26 bits per heavy atom. The molecule has 1 unspecified atom stereocenters. The van der Waals surface area contributed by atoms with Crippen molar-refractivity contribution in [2.75, 3.05) is 81.8 Å². The highest BCUT2D eigenvalue weighted by Crippen LogP contribution is 2.29. The van der Waals surface area contributed by atoms with Gasteiger partial charge in [0.1, 0.15) is 13.3 Å². The standard InChI is InChI=1S/C6H13NO2.C5H13NO.C2H7NO4S.C2H7O4P/c1-4-7(2,3)5-6(8)9;1-6(2,3)4-5-7;1-3-2-7-8(4,5)6;1-2-6-7(3,4)5/h4-5H2,1-3H3;4-5H2,1-3H3;3H,2H2,1H3,(H,4,5,6);2H2,1H3,(H2,3,4,5)/p-2/i;1D;;. The first-order valence-corrected chi connectivity index (χ1v) is 11.7. The second-order valence-electron chi connectivity index (χ2n) is 7.06. The number of likely N-dealkylation sites (N-methyl/N-ethyl adjacent to an activating group) is 2. The molecule has 0 aliphatic carbocycles. The normalized spacial score (nSPS) is 13.7. The van der Waals surface area contributed by atoms with Crippen LogP contribution < -0.4 is 20.4 Å². The molecule has 2 N–H and O–H groups in total. The Hall–Kier alpha value is -0.710. The molecule has 0 bridgehead atoms. The molecule has 0 saturated carbocycles. The fourth-order valence-corrected chi connectivity index (χ4v) is 1.59. The number of carboxylic acid groups (broad SMARTS) is 1. The van der Waals surface area contributed by atoms with Crippen molar-refractivity contribution >= 4 is 24.2 Å². The SMILES string of the molecule is CCOP(=O)([O-])O.CC[N+](C)(C)CC(=O)[O-].CNCOS(=O)(=O)[O-].[2H]C[N+](C)(C)CC[O-]. The molecular formula is C15H38N3O11PS-2. The van der Waals surface area contributed by atoms with Crippen molar-refractivity contribution in [1.29, 1.82) is 0 Å². The van der Waals surface area contributed by atoms with Crippen LogP contribution in [0.4, 0.5) is 0 Å². The van der Waals surface area contributed by atoms with E-state index in [4.69, 9.17) is 6.26 Å². The van der Waals surface area contributed by atoms with E-state index in [1.165, 1.54) is 14.0 Å². The van der Waals surface area contributed by atoms with Crippen LogP contribution in [0.3, 0.4) is 0 Å². The molecule has 0 heterocycles. The van der Waals surface area contributed by atoms with Gasteiger partial charge in [0.25, 0.3) is 7.82 Å². The topological polar surface area (TPSA) is 211 Å². The number of hydrogen-bond acceptors (Lipinski definition) is 11. The summed E-state index contributed by atoms with van der Waals surface area (Å²) in [5.41, 5.74) is 0. The van der Waals surface area contributed by atoms with Gasteiger partial charge in [-0.1, -0.05) is 6.61 Å². The van der Waals surface area contributed by atoms with E-state index in [2.05, 4.69) is 14.0 Å². The molecule has 31 heavy (non-hydrogen) atoms. The number of phosphoric acid groups is 1. The van der Waals surface area contributed by atoms with Gasteiger partial charge in [0.2, 0.25) is 10.4 Å². The van der Waals surface area contributed by atoms with Gasteiger partial charge < -0.3 is 42.8 Å². The minimum absolute atomic E-state index is 0.0166. The fourth-order valence-electron chi connectivity index (χ4n) is 1.00. The summed E-state index contributed by atoms with van der Waals surface area (Å²) in [5.74, 6) is -0.984. The van der Waals surface area contributed by atoms with Crippen molar-refractivity contribution in [2.24, 2.45) is 0 Å². The van der Waals surface area contributed by atoms with Gasteiger partial charge in [0.15, 0.2) is 0 Å². The maximum atomic E-state index is 10.0. The monoisotopic (exact) mass is 500 g/mol. The third-order valence-electron chi connectivity index (χ3n) is 2.75. The molecule has 0 spiro atoms. The first-order chi connectivity index (χ1) is 14.2. The highest BCUT2D eigenvalue weighted by molar-refractivity contribution is 7.80. The van der Waals surface area contributed by atoms with Crippen LogP contribution in [0.2, 0.25) is 0 Å². The van der Waals surface area contributed by atoms with E-state index in [1.54, 1.807) is 0 Å². The Morgan fingerprint density at radius 3 is 1.84 bits per heavy atom. The molecule has 1 atom stereocenters. The molecule has 0 amide bonds. The van der Waals surface area contributed by atoms with Gasteiger partial charge >= 0.3 is 0 Å². The Labute approximate surface area is 187 Å². The van der Waals surface area contributed by atoms with Gasteiger partial charge in [-0.15, -0.1) is 0 Å². The van der Waals surface area contributed by atoms with Gasteiger partial charge in [-0.05, 0) is 20.9 Å². The summed E-state index contributed by atoms with van der Waals surface area (Å²) in [7, 11) is 0.316. The highest BCUT2D eigenvalue weighted by Gasteiger charge is 2.10. The van der Waals surface area contributed by atoms with Crippen LogP contribution >= 0.6 is 7.82 Å². The Balaban J connectivity index is -0.000000164. The molecule has 14 nitrogen and oxygen atoms in total. The van der Waals surface area contributed by atoms with Gasteiger partial charge in [0, 0.05) is 0 Å². The van der Waals surface area contributed by atoms with Gasteiger partial charge in [0.05, 0.1) is 62.3 Å². The maximum absolute atomic E-state index is 10.0. The molecule has 0 aromatic rings.